The molecule has 2 aromatic rings. The van der Waals surface area contributed by atoms with E-state index in [1.807, 2.05) is 67.6 Å². The van der Waals surface area contributed by atoms with E-state index < -0.39 is 12.2 Å². The van der Waals surface area contributed by atoms with Crippen molar-refractivity contribution in [2.24, 2.45) is 10.7 Å². The highest BCUT2D eigenvalue weighted by Crippen LogP contribution is 2.27. The second kappa shape index (κ2) is 12.3. The molecule has 1 saturated heterocycles. The number of amides is 2. The average Bonchev–Trinajstić information content (AvgIpc) is 2.97. The van der Waals surface area contributed by atoms with Crippen LogP contribution >= 0.6 is 0 Å². The summed E-state index contributed by atoms with van der Waals surface area (Å²) in [7, 11) is 2.10. The maximum Gasteiger partial charge on any atom is 0.272 e. The minimum Gasteiger partial charge on any atom is -0.354 e. The summed E-state index contributed by atoms with van der Waals surface area (Å²) in [6.07, 6.45) is -0.176. The lowest BCUT2D eigenvalue weighted by Crippen LogP contribution is -2.52. The van der Waals surface area contributed by atoms with Crippen molar-refractivity contribution in [1.29, 1.82) is 0 Å². The summed E-state index contributed by atoms with van der Waals surface area (Å²) < 4.78 is 0. The van der Waals surface area contributed by atoms with Gasteiger partial charge in [0.2, 0.25) is 12.1 Å². The van der Waals surface area contributed by atoms with Gasteiger partial charge in [-0.15, -0.1) is 0 Å². The van der Waals surface area contributed by atoms with E-state index in [1.54, 1.807) is 11.8 Å². The molecule has 4 rings (SSSR count). The van der Waals surface area contributed by atoms with Crippen LogP contribution in [0, 0.1) is 0 Å². The Bertz CT molecular complexity index is 944. The summed E-state index contributed by atoms with van der Waals surface area (Å²) in [6, 6.07) is 19.1. The van der Waals surface area contributed by atoms with Gasteiger partial charge < -0.3 is 25.8 Å². The monoisotopic (exact) mass is 464 g/mol. The number of fused-ring (bicyclic) bond motifs is 1. The van der Waals surface area contributed by atoms with Crippen LogP contribution in [0.3, 0.4) is 0 Å². The molecule has 2 amide bonds. The van der Waals surface area contributed by atoms with Crippen molar-refractivity contribution in [3.8, 4) is 0 Å². The van der Waals surface area contributed by atoms with Gasteiger partial charge in [0.15, 0.2) is 0 Å². The van der Waals surface area contributed by atoms with Gasteiger partial charge in [0.1, 0.15) is 5.84 Å². The normalized spacial score (nSPS) is 19.2. The van der Waals surface area contributed by atoms with E-state index in [0.717, 1.165) is 49.7 Å². The molecule has 8 heteroatoms. The smallest absolute Gasteiger partial charge is 0.272 e. The summed E-state index contributed by atoms with van der Waals surface area (Å²) in [5, 5.41) is 2.73. The number of carbonyl (C=O) groups excluding carboxylic acids is 2. The lowest BCUT2D eigenvalue weighted by Gasteiger charge is -2.35. The summed E-state index contributed by atoms with van der Waals surface area (Å²) in [5.74, 6) is 0.139. The number of aliphatic imine (C=N–C) groups is 1. The zero-order chi connectivity index (χ0) is 24.5. The van der Waals surface area contributed by atoms with Crippen molar-refractivity contribution in [1.82, 2.24) is 15.1 Å². The third-order valence-corrected chi connectivity index (χ3v) is 5.80. The van der Waals surface area contributed by atoms with Gasteiger partial charge in [-0.2, -0.15) is 0 Å². The van der Waals surface area contributed by atoms with Crippen LogP contribution in [0.15, 0.2) is 65.7 Å². The number of hydrogen-bond acceptors (Lipinski definition) is 6. The van der Waals surface area contributed by atoms with E-state index in [-0.39, 0.29) is 11.8 Å². The van der Waals surface area contributed by atoms with Gasteiger partial charge in [-0.1, -0.05) is 55.5 Å². The molecule has 2 aliphatic heterocycles. The largest absolute Gasteiger partial charge is 0.354 e. The van der Waals surface area contributed by atoms with E-state index in [9.17, 15) is 9.59 Å². The molecule has 2 heterocycles. The topological polar surface area (TPSA) is 94.3 Å². The van der Waals surface area contributed by atoms with E-state index >= 15 is 0 Å². The van der Waals surface area contributed by atoms with Gasteiger partial charge in [-0.25, -0.2) is 4.99 Å². The first kappa shape index (κ1) is 25.4. The number of nitrogens with two attached hydrogens (primary N) is 1. The minimum absolute atomic E-state index is 0.229. The van der Waals surface area contributed by atoms with Gasteiger partial charge in [0.25, 0.3) is 5.91 Å². The molecule has 0 radical (unpaired) electrons. The fourth-order valence-electron chi connectivity index (χ4n) is 3.88. The van der Waals surface area contributed by atoms with E-state index in [1.165, 1.54) is 0 Å². The molecule has 0 aliphatic carbocycles. The predicted molar refractivity (Wildman–Crippen MR) is 137 cm³/mol. The predicted octanol–water partition coefficient (Wildman–Crippen LogP) is 1.91. The lowest BCUT2D eigenvalue weighted by molar-refractivity contribution is -0.127. The van der Waals surface area contributed by atoms with Crippen LogP contribution in [-0.4, -0.2) is 79.4 Å². The lowest BCUT2D eigenvalue weighted by atomic mass is 10.1. The molecule has 2 unspecified atom stereocenters. The summed E-state index contributed by atoms with van der Waals surface area (Å²) in [5.41, 5.74) is 7.47. The number of carbonyl (C=O) groups is 2. The standard InChI is InChI=1S/C20H30N6O2.C6H6/c1-4-9-26-16-8-6-5-7-15(16)18(25-12-10-24(3)11-13-25)22-17(20(26)28)23-19(27)14(2)21;1-2-4-6-5-3-1/h5-8,14,17H,4,9-13,21H2,1-3H3,(H,23,27);1-6H. The molecule has 0 spiro atoms. The third-order valence-electron chi connectivity index (χ3n) is 5.80. The molecule has 0 aromatic heterocycles. The minimum atomic E-state index is -0.980. The Kier molecular flexibility index (Phi) is 9.18. The highest BCUT2D eigenvalue weighted by atomic mass is 16.2. The fraction of sp³-hybridized carbons (Fsp3) is 0.423. The molecular formula is C26H36N6O2. The molecule has 2 aromatic carbocycles. The quantitative estimate of drug-likeness (QED) is 0.721. The number of anilines is 1. The average molecular weight is 465 g/mol. The number of nitrogens with one attached hydrogen (secondary N) is 1. The van der Waals surface area contributed by atoms with E-state index in [2.05, 4.69) is 22.2 Å². The zero-order valence-electron chi connectivity index (χ0n) is 20.4. The Balaban J connectivity index is 0.000000469. The number of hydrogen-bond donors (Lipinski definition) is 2. The first-order valence-electron chi connectivity index (χ1n) is 11.9. The van der Waals surface area contributed by atoms with Crippen LogP contribution in [0.1, 0.15) is 25.8 Å². The maximum absolute atomic E-state index is 13.3. The number of benzodiazepines with no additional fused rings is 1. The van der Waals surface area contributed by atoms with E-state index in [0.29, 0.717) is 6.54 Å². The van der Waals surface area contributed by atoms with E-state index in [4.69, 9.17) is 10.7 Å². The highest BCUT2D eigenvalue weighted by Gasteiger charge is 2.34. The Morgan fingerprint density at radius 1 is 1.06 bits per heavy atom. The second-order valence-corrected chi connectivity index (χ2v) is 8.60. The molecule has 8 nitrogen and oxygen atoms in total. The molecule has 0 saturated carbocycles. The first-order chi connectivity index (χ1) is 16.4. The fourth-order valence-corrected chi connectivity index (χ4v) is 3.88. The van der Waals surface area contributed by atoms with Crippen molar-refractivity contribution >= 4 is 23.3 Å². The molecule has 182 valence electrons. The Hall–Kier alpha value is -3.23. The summed E-state index contributed by atoms with van der Waals surface area (Å²) in [6.45, 7) is 7.67. The highest BCUT2D eigenvalue weighted by molar-refractivity contribution is 6.12. The molecule has 0 bridgehead atoms. The van der Waals surface area contributed by atoms with Crippen molar-refractivity contribution in [3.05, 3.63) is 66.2 Å². The van der Waals surface area contributed by atoms with Crippen molar-refractivity contribution in [2.75, 3.05) is 44.7 Å². The summed E-state index contributed by atoms with van der Waals surface area (Å²) in [4.78, 5) is 36.5. The van der Waals surface area contributed by atoms with Crippen molar-refractivity contribution in [3.63, 3.8) is 0 Å². The van der Waals surface area contributed by atoms with Crippen LogP contribution in [0.25, 0.3) is 0 Å². The molecule has 34 heavy (non-hydrogen) atoms. The van der Waals surface area contributed by atoms with Crippen LogP contribution in [0.5, 0.6) is 0 Å². The molecule has 3 N–H and O–H groups in total. The maximum atomic E-state index is 13.3. The van der Waals surface area contributed by atoms with Crippen molar-refractivity contribution in [2.45, 2.75) is 32.5 Å². The SMILES string of the molecule is CCCN1C(=O)C(NC(=O)C(C)N)N=C(N2CCN(C)CC2)c2ccccc21.c1ccccc1. The number of likely N-dealkylation sites (N-methyl/N-ethyl adjacent to an activating group) is 1. The second-order valence-electron chi connectivity index (χ2n) is 8.60. The Morgan fingerprint density at radius 3 is 2.21 bits per heavy atom. The Morgan fingerprint density at radius 2 is 1.65 bits per heavy atom. The number of para-hydroxylation sites is 1. The molecule has 2 atom stereocenters. The summed E-state index contributed by atoms with van der Waals surface area (Å²) >= 11 is 0. The third kappa shape index (κ3) is 6.42. The van der Waals surface area contributed by atoms with Crippen LogP contribution in [0.2, 0.25) is 0 Å². The van der Waals surface area contributed by atoms with Gasteiger partial charge in [-0.3, -0.25) is 9.59 Å². The first-order valence-corrected chi connectivity index (χ1v) is 11.9. The number of piperazine rings is 1. The van der Waals surface area contributed by atoms with Crippen LogP contribution < -0.4 is 16.0 Å². The number of benzene rings is 2. The molecule has 2 aliphatic rings. The van der Waals surface area contributed by atoms with Crippen LogP contribution in [-0.2, 0) is 9.59 Å². The van der Waals surface area contributed by atoms with Gasteiger partial charge in [0, 0.05) is 38.3 Å². The Labute approximate surface area is 202 Å². The van der Waals surface area contributed by atoms with Crippen LogP contribution in [0.4, 0.5) is 5.69 Å². The molecular weight excluding hydrogens is 428 g/mol. The number of nitrogens with zero attached hydrogens (tertiary/aromatic N) is 4. The number of amidine groups is 1. The zero-order valence-corrected chi connectivity index (χ0v) is 20.4. The number of rotatable bonds is 4. The van der Waals surface area contributed by atoms with Crippen molar-refractivity contribution < 1.29 is 9.59 Å². The molecule has 1 fully saturated rings. The van der Waals surface area contributed by atoms with Gasteiger partial charge in [0.05, 0.1) is 11.7 Å². The van der Waals surface area contributed by atoms with Gasteiger partial charge >= 0.3 is 0 Å². The van der Waals surface area contributed by atoms with Gasteiger partial charge in [-0.05, 0) is 32.5 Å².